The second-order valence-electron chi connectivity index (χ2n) is 8.14. The van der Waals surface area contributed by atoms with Crippen molar-refractivity contribution in [2.75, 3.05) is 26.0 Å². The van der Waals surface area contributed by atoms with E-state index in [4.69, 9.17) is 0 Å². The molecule has 2 aliphatic rings. The Hall–Kier alpha value is -2.73. The quantitative estimate of drug-likeness (QED) is 0.607. The first-order valence-corrected chi connectivity index (χ1v) is 9.88. The standard InChI is InChI=1S/C23H22F3N3/c1-29(2)9-3-4-14-19-15-10-12(24)5-7-17(15)28-23(19)21(26)20-16-11-13(25)6-8-18(16)27-22(14)20/h5-6,8,10-11,17,27-28H,3-4,7,9H2,1-2H3. The number of aromatic nitrogens is 1. The van der Waals surface area contributed by atoms with Crippen molar-refractivity contribution in [3.05, 3.63) is 58.9 Å². The van der Waals surface area contributed by atoms with Crippen LogP contribution in [0.2, 0.25) is 0 Å². The van der Waals surface area contributed by atoms with Crippen LogP contribution in [0.4, 0.5) is 18.9 Å². The van der Waals surface area contributed by atoms with Crippen LogP contribution in [0.5, 0.6) is 0 Å². The molecule has 0 saturated carbocycles. The lowest BCUT2D eigenvalue weighted by Crippen LogP contribution is -2.16. The normalized spacial score (nSPS) is 18.1. The summed E-state index contributed by atoms with van der Waals surface area (Å²) in [5.41, 5.74) is 4.30. The summed E-state index contributed by atoms with van der Waals surface area (Å²) >= 11 is 0. The summed E-state index contributed by atoms with van der Waals surface area (Å²) in [6, 6.07) is 4.24. The van der Waals surface area contributed by atoms with Crippen molar-refractivity contribution in [3.8, 4) is 0 Å². The van der Waals surface area contributed by atoms with Gasteiger partial charge in [0.25, 0.3) is 0 Å². The lowest BCUT2D eigenvalue weighted by molar-refractivity contribution is 0.400. The van der Waals surface area contributed by atoms with E-state index in [-0.39, 0.29) is 11.9 Å². The smallest absolute Gasteiger partial charge is 0.156 e. The minimum absolute atomic E-state index is 0.138. The number of fused-ring (bicyclic) bond motifs is 6. The van der Waals surface area contributed by atoms with E-state index in [0.717, 1.165) is 29.7 Å². The molecule has 0 radical (unpaired) electrons. The number of anilines is 1. The van der Waals surface area contributed by atoms with Gasteiger partial charge in [0, 0.05) is 21.9 Å². The van der Waals surface area contributed by atoms with Crippen LogP contribution in [0, 0.1) is 11.6 Å². The molecule has 3 nitrogen and oxygen atoms in total. The lowest BCUT2D eigenvalue weighted by atomic mass is 9.89. The molecular formula is C23H22F3N3. The van der Waals surface area contributed by atoms with E-state index in [1.165, 1.54) is 24.3 Å². The van der Waals surface area contributed by atoms with Gasteiger partial charge in [-0.3, -0.25) is 0 Å². The summed E-state index contributed by atoms with van der Waals surface area (Å²) in [6.45, 7) is 0.882. The third-order valence-corrected chi connectivity index (χ3v) is 5.91. The van der Waals surface area contributed by atoms with Gasteiger partial charge in [-0.25, -0.2) is 13.2 Å². The largest absolute Gasteiger partial charge is 0.375 e. The molecule has 1 unspecified atom stereocenters. The minimum atomic E-state index is -0.404. The number of halogens is 3. The highest BCUT2D eigenvalue weighted by molar-refractivity contribution is 6.13. The number of nitrogens with zero attached hydrogens (tertiary/aromatic N) is 1. The number of benzene rings is 2. The van der Waals surface area contributed by atoms with E-state index in [2.05, 4.69) is 15.2 Å². The zero-order chi connectivity index (χ0) is 20.3. The number of H-pyrrole nitrogens is 1. The highest BCUT2D eigenvalue weighted by Gasteiger charge is 2.35. The van der Waals surface area contributed by atoms with Gasteiger partial charge in [0.05, 0.1) is 17.2 Å². The molecule has 1 atom stereocenters. The summed E-state index contributed by atoms with van der Waals surface area (Å²) in [5, 5.41) is 4.19. The van der Waals surface area contributed by atoms with Gasteiger partial charge in [0.2, 0.25) is 0 Å². The summed E-state index contributed by atoms with van der Waals surface area (Å²) < 4.78 is 43.6. The first-order chi connectivity index (χ1) is 13.9. The Morgan fingerprint density at radius 2 is 2.00 bits per heavy atom. The molecule has 0 bridgehead atoms. The lowest BCUT2D eigenvalue weighted by Gasteiger charge is -2.16. The van der Waals surface area contributed by atoms with E-state index in [9.17, 15) is 8.78 Å². The highest BCUT2D eigenvalue weighted by atomic mass is 19.1. The summed E-state index contributed by atoms with van der Waals surface area (Å²) in [5.74, 6) is -1.09. The second-order valence-corrected chi connectivity index (χ2v) is 8.14. The van der Waals surface area contributed by atoms with Gasteiger partial charge >= 0.3 is 0 Å². The Morgan fingerprint density at radius 1 is 1.17 bits per heavy atom. The van der Waals surface area contributed by atoms with E-state index in [0.29, 0.717) is 40.3 Å². The van der Waals surface area contributed by atoms with Crippen LogP contribution in [0.25, 0.3) is 27.4 Å². The number of rotatable bonds is 4. The van der Waals surface area contributed by atoms with E-state index in [1.54, 1.807) is 6.07 Å². The molecule has 2 aromatic carbocycles. The molecule has 2 heterocycles. The van der Waals surface area contributed by atoms with Crippen LogP contribution >= 0.6 is 0 Å². The Bertz CT molecular complexity index is 1200. The Morgan fingerprint density at radius 3 is 2.79 bits per heavy atom. The number of hydrogen-bond acceptors (Lipinski definition) is 2. The molecule has 1 aliphatic carbocycles. The maximum atomic E-state index is 15.7. The molecule has 3 aromatic rings. The number of aryl methyl sites for hydroxylation is 1. The molecule has 2 N–H and O–H groups in total. The highest BCUT2D eigenvalue weighted by Crippen LogP contribution is 2.48. The molecule has 1 aromatic heterocycles. The second kappa shape index (κ2) is 6.66. The van der Waals surface area contributed by atoms with Crippen LogP contribution in [-0.2, 0) is 6.42 Å². The molecule has 5 rings (SSSR count). The monoisotopic (exact) mass is 397 g/mol. The SMILES string of the molecule is CN(C)CCCc1c2c(c(F)c3c1[nH]c1ccc(F)cc13)NC1CC=C(F)C=C21. The fourth-order valence-corrected chi connectivity index (χ4v) is 4.63. The molecule has 0 amide bonds. The van der Waals surface area contributed by atoms with Crippen molar-refractivity contribution < 1.29 is 13.2 Å². The number of aromatic amines is 1. The summed E-state index contributed by atoms with van der Waals surface area (Å²) in [7, 11) is 4.02. The summed E-state index contributed by atoms with van der Waals surface area (Å²) in [4.78, 5) is 5.41. The van der Waals surface area contributed by atoms with Gasteiger partial charge in [-0.1, -0.05) is 0 Å². The first-order valence-electron chi connectivity index (χ1n) is 9.88. The maximum absolute atomic E-state index is 15.7. The molecule has 0 fully saturated rings. The average Bonchev–Trinajstić information content (AvgIpc) is 3.23. The topological polar surface area (TPSA) is 31.1 Å². The van der Waals surface area contributed by atoms with Crippen molar-refractivity contribution in [2.24, 2.45) is 0 Å². The molecule has 1 aliphatic heterocycles. The first kappa shape index (κ1) is 18.3. The molecule has 29 heavy (non-hydrogen) atoms. The van der Waals surface area contributed by atoms with Gasteiger partial charge in [-0.15, -0.1) is 0 Å². The number of nitrogens with one attached hydrogen (secondary N) is 2. The fraction of sp³-hybridized carbons (Fsp3) is 0.304. The molecule has 6 heteroatoms. The Balaban J connectivity index is 1.80. The zero-order valence-electron chi connectivity index (χ0n) is 16.4. The molecular weight excluding hydrogens is 375 g/mol. The van der Waals surface area contributed by atoms with Crippen LogP contribution in [0.3, 0.4) is 0 Å². The third-order valence-electron chi connectivity index (χ3n) is 5.91. The van der Waals surface area contributed by atoms with Crippen LogP contribution in [0.1, 0.15) is 24.0 Å². The molecule has 150 valence electrons. The van der Waals surface area contributed by atoms with Crippen LogP contribution < -0.4 is 5.32 Å². The minimum Gasteiger partial charge on any atom is -0.375 e. The molecule has 0 saturated heterocycles. The Kier molecular flexibility index (Phi) is 4.21. The van der Waals surface area contributed by atoms with Crippen LogP contribution in [-0.4, -0.2) is 36.6 Å². The fourth-order valence-electron chi connectivity index (χ4n) is 4.63. The van der Waals surface area contributed by atoms with Crippen molar-refractivity contribution in [3.63, 3.8) is 0 Å². The van der Waals surface area contributed by atoms with E-state index in [1.807, 2.05) is 14.1 Å². The average molecular weight is 397 g/mol. The number of hydrogen-bond donors (Lipinski definition) is 2. The predicted octanol–water partition coefficient (Wildman–Crippen LogP) is 5.53. The van der Waals surface area contributed by atoms with Gasteiger partial charge < -0.3 is 15.2 Å². The maximum Gasteiger partial charge on any atom is 0.156 e. The van der Waals surface area contributed by atoms with Gasteiger partial charge in [0.1, 0.15) is 11.6 Å². The van der Waals surface area contributed by atoms with Crippen molar-refractivity contribution in [1.29, 1.82) is 0 Å². The number of allylic oxidation sites excluding steroid dienone is 2. The van der Waals surface area contributed by atoms with Gasteiger partial charge in [0.15, 0.2) is 5.82 Å². The predicted molar refractivity (Wildman–Crippen MR) is 112 cm³/mol. The van der Waals surface area contributed by atoms with Gasteiger partial charge in [-0.2, -0.15) is 0 Å². The summed E-state index contributed by atoms with van der Waals surface area (Å²) in [6.07, 6.45) is 5.10. The van der Waals surface area contributed by atoms with E-state index >= 15 is 4.39 Å². The van der Waals surface area contributed by atoms with Gasteiger partial charge in [-0.05, 0) is 81.4 Å². The molecule has 0 spiro atoms. The van der Waals surface area contributed by atoms with Crippen LogP contribution in [0.15, 0.2) is 36.2 Å². The Labute approximate surface area is 166 Å². The van der Waals surface area contributed by atoms with E-state index < -0.39 is 11.6 Å². The third kappa shape index (κ3) is 2.85. The van der Waals surface area contributed by atoms with Crippen molar-refractivity contribution in [2.45, 2.75) is 25.3 Å². The van der Waals surface area contributed by atoms with Crippen molar-refractivity contribution >= 4 is 33.1 Å². The zero-order valence-corrected chi connectivity index (χ0v) is 16.4. The van der Waals surface area contributed by atoms with Crippen molar-refractivity contribution in [1.82, 2.24) is 9.88 Å².